The van der Waals surface area contributed by atoms with E-state index in [2.05, 4.69) is 10.0 Å². The van der Waals surface area contributed by atoms with E-state index in [1.807, 2.05) is 6.92 Å². The van der Waals surface area contributed by atoms with E-state index in [0.717, 1.165) is 6.54 Å². The lowest BCUT2D eigenvalue weighted by molar-refractivity contribution is 0.541. The molecule has 0 rings (SSSR count). The highest BCUT2D eigenvalue weighted by Crippen LogP contribution is 1.57. The summed E-state index contributed by atoms with van der Waals surface area (Å²) in [5.41, 5.74) is 0. The third-order valence-electron chi connectivity index (χ3n) is 0.571. The molecule has 0 saturated carbocycles. The molecule has 0 saturated heterocycles. The average molecular weight is 138 g/mol. The van der Waals surface area contributed by atoms with Crippen molar-refractivity contribution in [3.63, 3.8) is 0 Å². The molecule has 0 aliphatic carbocycles. The second kappa shape index (κ2) is 5.17. The van der Waals surface area contributed by atoms with Gasteiger partial charge in [-0.05, 0) is 6.54 Å². The molecule has 0 aromatic heterocycles. The molecular formula is C3H10N2O2S. The summed E-state index contributed by atoms with van der Waals surface area (Å²) in [5.74, 6) is 0. The fourth-order valence-electron chi connectivity index (χ4n) is 0.238. The zero-order chi connectivity index (χ0) is 6.41. The predicted octanol–water partition coefficient (Wildman–Crippen LogP) is -0.720. The van der Waals surface area contributed by atoms with Crippen LogP contribution in [0.5, 0.6) is 0 Å². The Morgan fingerprint density at radius 3 is 2.75 bits per heavy atom. The van der Waals surface area contributed by atoms with Gasteiger partial charge in [0.15, 0.2) is 0 Å². The van der Waals surface area contributed by atoms with Crippen LogP contribution in [0.4, 0.5) is 0 Å². The molecule has 3 N–H and O–H groups in total. The summed E-state index contributed by atoms with van der Waals surface area (Å²) in [7, 11) is 0. The molecule has 0 spiro atoms. The van der Waals surface area contributed by atoms with Gasteiger partial charge in [0, 0.05) is 0 Å². The minimum Gasteiger partial charge on any atom is -0.304 e. The molecule has 0 radical (unpaired) electrons. The largest absolute Gasteiger partial charge is 0.304 e. The van der Waals surface area contributed by atoms with Crippen LogP contribution in [0.3, 0.4) is 0 Å². The van der Waals surface area contributed by atoms with Crippen LogP contribution in [0.2, 0.25) is 0 Å². The quantitative estimate of drug-likeness (QED) is 0.273. The lowest BCUT2D eigenvalue weighted by atomic mass is 10.8. The van der Waals surface area contributed by atoms with E-state index >= 15 is 0 Å². The second-order valence-electron chi connectivity index (χ2n) is 1.17. The first-order valence-electron chi connectivity index (χ1n) is 2.32. The van der Waals surface area contributed by atoms with Crippen molar-refractivity contribution in [3.05, 3.63) is 0 Å². The van der Waals surface area contributed by atoms with Crippen LogP contribution in [0.1, 0.15) is 6.92 Å². The van der Waals surface area contributed by atoms with Gasteiger partial charge in [-0.2, -0.15) is 0 Å². The molecule has 0 aliphatic rings. The number of hydrogen-bond donors (Lipinski definition) is 3. The molecule has 8 heavy (non-hydrogen) atoms. The lowest BCUT2D eigenvalue weighted by Gasteiger charge is -1.97. The fourth-order valence-corrected chi connectivity index (χ4v) is 0.463. The van der Waals surface area contributed by atoms with Crippen molar-refractivity contribution in [1.29, 1.82) is 0 Å². The Hall–Kier alpha value is 0.0300. The maximum Gasteiger partial charge on any atom is 0.232 e. The molecule has 0 amide bonds. The summed E-state index contributed by atoms with van der Waals surface area (Å²) >= 11 is -1.88. The normalized spacial score (nSPS) is 13.8. The predicted molar refractivity (Wildman–Crippen MR) is 32.5 cm³/mol. The van der Waals surface area contributed by atoms with Gasteiger partial charge in [0.25, 0.3) is 0 Å². The van der Waals surface area contributed by atoms with E-state index in [4.69, 9.17) is 4.55 Å². The summed E-state index contributed by atoms with van der Waals surface area (Å²) in [5, 5.41) is 2.82. The Labute approximate surface area is 51.1 Å². The van der Waals surface area contributed by atoms with Crippen LogP contribution in [-0.2, 0) is 11.3 Å². The molecule has 0 bridgehead atoms. The third kappa shape index (κ3) is 6.03. The zero-order valence-electron chi connectivity index (χ0n) is 4.68. The van der Waals surface area contributed by atoms with Gasteiger partial charge in [0.05, 0.1) is 6.67 Å². The maximum absolute atomic E-state index is 9.83. The van der Waals surface area contributed by atoms with E-state index in [-0.39, 0.29) is 0 Å². The van der Waals surface area contributed by atoms with Gasteiger partial charge in [0.1, 0.15) is 0 Å². The third-order valence-corrected chi connectivity index (χ3v) is 0.962. The molecule has 0 aromatic rings. The highest BCUT2D eigenvalue weighted by molar-refractivity contribution is 7.77. The van der Waals surface area contributed by atoms with E-state index in [9.17, 15) is 4.21 Å². The first-order chi connectivity index (χ1) is 3.77. The number of rotatable bonds is 4. The van der Waals surface area contributed by atoms with Crippen LogP contribution in [0.25, 0.3) is 0 Å². The maximum atomic E-state index is 9.83. The summed E-state index contributed by atoms with van der Waals surface area (Å²) in [6.45, 7) is 3.09. The Bertz CT molecular complexity index is 77.7. The standard InChI is InChI=1S/C3H10N2O2S/c1-2-4-3-5-8(6)7/h4-5H,2-3H2,1H3,(H,6,7). The molecule has 0 aromatic carbocycles. The molecule has 1 unspecified atom stereocenters. The van der Waals surface area contributed by atoms with Crippen molar-refractivity contribution < 1.29 is 8.76 Å². The van der Waals surface area contributed by atoms with E-state index in [0.29, 0.717) is 6.67 Å². The molecule has 0 aliphatic heterocycles. The fraction of sp³-hybridized carbons (Fsp3) is 1.00. The summed E-state index contributed by atoms with van der Waals surface area (Å²) in [4.78, 5) is 0. The van der Waals surface area contributed by atoms with Gasteiger partial charge in [0.2, 0.25) is 11.3 Å². The van der Waals surface area contributed by atoms with Gasteiger partial charge in [-0.1, -0.05) is 6.92 Å². The minimum atomic E-state index is -1.88. The average Bonchev–Trinajstić information content (AvgIpc) is 1.66. The van der Waals surface area contributed by atoms with Crippen LogP contribution in [0, 0.1) is 0 Å². The van der Waals surface area contributed by atoms with Crippen LogP contribution in [0.15, 0.2) is 0 Å². The minimum absolute atomic E-state index is 0.375. The van der Waals surface area contributed by atoms with Gasteiger partial charge in [-0.3, -0.25) is 4.55 Å². The van der Waals surface area contributed by atoms with E-state index < -0.39 is 11.3 Å². The SMILES string of the molecule is CCNCNS(=O)O. The molecule has 50 valence electrons. The van der Waals surface area contributed by atoms with Crippen molar-refractivity contribution in [2.45, 2.75) is 6.92 Å². The van der Waals surface area contributed by atoms with E-state index in [1.165, 1.54) is 0 Å². The zero-order valence-corrected chi connectivity index (χ0v) is 5.49. The number of nitrogens with one attached hydrogen (secondary N) is 2. The van der Waals surface area contributed by atoms with Crippen LogP contribution < -0.4 is 10.0 Å². The molecule has 0 heterocycles. The first-order valence-corrected chi connectivity index (χ1v) is 3.43. The lowest BCUT2D eigenvalue weighted by Crippen LogP contribution is -2.29. The highest BCUT2D eigenvalue weighted by atomic mass is 32.2. The smallest absolute Gasteiger partial charge is 0.232 e. The van der Waals surface area contributed by atoms with E-state index in [1.54, 1.807) is 0 Å². The van der Waals surface area contributed by atoms with Gasteiger partial charge >= 0.3 is 0 Å². The Morgan fingerprint density at radius 1 is 1.75 bits per heavy atom. The van der Waals surface area contributed by atoms with Crippen molar-refractivity contribution in [2.75, 3.05) is 13.2 Å². The summed E-state index contributed by atoms with van der Waals surface area (Å²) in [6.07, 6.45) is 0. The number of hydrogen-bond acceptors (Lipinski definition) is 2. The first kappa shape index (κ1) is 8.03. The van der Waals surface area contributed by atoms with Gasteiger partial charge in [-0.15, -0.1) is 0 Å². The van der Waals surface area contributed by atoms with Gasteiger partial charge in [-0.25, -0.2) is 8.93 Å². The molecule has 5 heteroatoms. The topological polar surface area (TPSA) is 61.4 Å². The summed E-state index contributed by atoms with van der Waals surface area (Å²) < 4.78 is 20.2. The Balaban J connectivity index is 2.82. The second-order valence-corrected chi connectivity index (χ2v) is 1.96. The van der Waals surface area contributed by atoms with Crippen molar-refractivity contribution in [2.24, 2.45) is 0 Å². The van der Waals surface area contributed by atoms with Crippen LogP contribution in [-0.4, -0.2) is 22.0 Å². The van der Waals surface area contributed by atoms with Crippen molar-refractivity contribution in [3.8, 4) is 0 Å². The molecule has 0 fully saturated rings. The monoisotopic (exact) mass is 138 g/mol. The molecule has 1 atom stereocenters. The molecular weight excluding hydrogens is 128 g/mol. The van der Waals surface area contributed by atoms with Crippen LogP contribution >= 0.6 is 0 Å². The van der Waals surface area contributed by atoms with Gasteiger partial charge < -0.3 is 5.32 Å². The Kier molecular flexibility index (Phi) is 5.19. The highest BCUT2D eigenvalue weighted by Gasteiger charge is 1.85. The van der Waals surface area contributed by atoms with Crippen molar-refractivity contribution in [1.82, 2.24) is 10.0 Å². The molecule has 4 nitrogen and oxygen atoms in total. The summed E-state index contributed by atoms with van der Waals surface area (Å²) in [6, 6.07) is 0. The van der Waals surface area contributed by atoms with Crippen molar-refractivity contribution >= 4 is 11.3 Å². The Morgan fingerprint density at radius 2 is 2.38 bits per heavy atom.